The third-order valence-corrected chi connectivity index (χ3v) is 6.67. The van der Waals surface area contributed by atoms with Crippen molar-refractivity contribution in [3.05, 3.63) is 70.8 Å². The van der Waals surface area contributed by atoms with Crippen LogP contribution in [-0.2, 0) is 6.42 Å². The molecule has 1 aliphatic heterocycles. The number of hydrogen-bond acceptors (Lipinski definition) is 6. The number of rotatable bonds is 7. The normalized spacial score (nSPS) is 14.3. The topological polar surface area (TPSA) is 73.4 Å². The summed E-state index contributed by atoms with van der Waals surface area (Å²) in [4.78, 5) is 21.4. The summed E-state index contributed by atoms with van der Waals surface area (Å²) in [5.41, 5.74) is 4.17. The van der Waals surface area contributed by atoms with Gasteiger partial charge in [0.25, 0.3) is 0 Å². The number of nitrogens with zero attached hydrogens (tertiary/aromatic N) is 4. The summed E-state index contributed by atoms with van der Waals surface area (Å²) in [6, 6.07) is 12.2. The first-order chi connectivity index (χ1) is 16.0. The van der Waals surface area contributed by atoms with Crippen LogP contribution in [0.3, 0.4) is 0 Å². The fourth-order valence-electron chi connectivity index (χ4n) is 3.71. The minimum atomic E-state index is -0.235. The number of urea groups is 1. The highest BCUT2D eigenvalue weighted by Gasteiger charge is 2.20. The number of nitrogens with one attached hydrogen (secondary N) is 2. The number of carbonyl (C=O) groups excluding carboxylic acids is 1. The second-order valence-electron chi connectivity index (χ2n) is 8.31. The molecule has 9 heteroatoms. The van der Waals surface area contributed by atoms with E-state index in [2.05, 4.69) is 36.7 Å². The van der Waals surface area contributed by atoms with Crippen molar-refractivity contribution >= 4 is 28.4 Å². The van der Waals surface area contributed by atoms with E-state index in [0.29, 0.717) is 13.0 Å². The zero-order valence-corrected chi connectivity index (χ0v) is 19.8. The van der Waals surface area contributed by atoms with Crippen LogP contribution in [0.15, 0.2) is 42.5 Å². The Hall–Kier alpha value is -3.04. The Labute approximate surface area is 197 Å². The maximum Gasteiger partial charge on any atom is 0.319 e. The summed E-state index contributed by atoms with van der Waals surface area (Å²) in [6.07, 6.45) is 0.604. The maximum absolute atomic E-state index is 13.1. The molecule has 0 radical (unpaired) electrons. The van der Waals surface area contributed by atoms with Crippen LogP contribution >= 0.6 is 11.5 Å². The van der Waals surface area contributed by atoms with Gasteiger partial charge in [-0.2, -0.15) is 4.37 Å². The Morgan fingerprint density at radius 2 is 1.82 bits per heavy atom. The van der Waals surface area contributed by atoms with Crippen molar-refractivity contribution in [2.45, 2.75) is 20.3 Å². The van der Waals surface area contributed by atoms with Crippen molar-refractivity contribution in [3.8, 4) is 0 Å². The van der Waals surface area contributed by atoms with Gasteiger partial charge in [0, 0.05) is 62.9 Å². The fraction of sp³-hybridized carbons (Fsp3) is 0.375. The molecule has 0 spiro atoms. The predicted molar refractivity (Wildman–Crippen MR) is 131 cm³/mol. The largest absolute Gasteiger partial charge is 0.344 e. The molecule has 174 valence electrons. The van der Waals surface area contributed by atoms with Gasteiger partial charge in [0.05, 0.1) is 0 Å². The standard InChI is InChI=1S/C24H29FN6OS/c1-17-3-8-21(15-18(17)2)27-23(32)26-9-10-30-11-13-31(14-12-30)24-28-22(29-33-24)16-19-4-6-20(25)7-5-19/h3-8,15H,9-14,16H2,1-2H3,(H2,26,27,32). The van der Waals surface area contributed by atoms with Gasteiger partial charge in [-0.1, -0.05) is 18.2 Å². The molecule has 0 saturated carbocycles. The van der Waals surface area contributed by atoms with E-state index in [0.717, 1.165) is 60.5 Å². The fourth-order valence-corrected chi connectivity index (χ4v) is 4.45. The van der Waals surface area contributed by atoms with Crippen molar-refractivity contribution < 1.29 is 9.18 Å². The first-order valence-corrected chi connectivity index (χ1v) is 11.9. The average Bonchev–Trinajstić information content (AvgIpc) is 3.27. The molecule has 1 saturated heterocycles. The van der Waals surface area contributed by atoms with Crippen LogP contribution in [0.1, 0.15) is 22.5 Å². The Balaban J connectivity index is 1.17. The van der Waals surface area contributed by atoms with Gasteiger partial charge in [-0.15, -0.1) is 0 Å². The molecular weight excluding hydrogens is 439 g/mol. The van der Waals surface area contributed by atoms with E-state index in [1.165, 1.54) is 29.2 Å². The van der Waals surface area contributed by atoms with Gasteiger partial charge in [-0.3, -0.25) is 4.90 Å². The minimum Gasteiger partial charge on any atom is -0.344 e. The van der Waals surface area contributed by atoms with E-state index >= 15 is 0 Å². The third kappa shape index (κ3) is 6.49. The third-order valence-electron chi connectivity index (χ3n) is 5.85. The molecule has 0 bridgehead atoms. The second kappa shape index (κ2) is 10.7. The molecule has 1 aromatic heterocycles. The SMILES string of the molecule is Cc1ccc(NC(=O)NCCN2CCN(c3nc(Cc4ccc(F)cc4)ns3)CC2)cc1C. The zero-order chi connectivity index (χ0) is 23.2. The number of carbonyl (C=O) groups is 1. The number of halogens is 1. The number of aryl methyl sites for hydroxylation is 2. The van der Waals surface area contributed by atoms with E-state index in [9.17, 15) is 9.18 Å². The molecule has 2 amide bonds. The van der Waals surface area contributed by atoms with Crippen molar-refractivity contribution in [3.63, 3.8) is 0 Å². The molecule has 7 nitrogen and oxygen atoms in total. The quantitative estimate of drug-likeness (QED) is 0.551. The van der Waals surface area contributed by atoms with Crippen LogP contribution in [0.2, 0.25) is 0 Å². The molecule has 1 fully saturated rings. The minimum absolute atomic E-state index is 0.181. The van der Waals surface area contributed by atoms with Crippen LogP contribution < -0.4 is 15.5 Å². The smallest absolute Gasteiger partial charge is 0.319 e. The van der Waals surface area contributed by atoms with Crippen molar-refractivity contribution in [1.82, 2.24) is 19.6 Å². The number of piperazine rings is 1. The predicted octanol–water partition coefficient (Wildman–Crippen LogP) is 3.83. The van der Waals surface area contributed by atoms with Crippen LogP contribution in [-0.4, -0.2) is 59.6 Å². The molecule has 33 heavy (non-hydrogen) atoms. The van der Waals surface area contributed by atoms with Gasteiger partial charge in [0.15, 0.2) is 0 Å². The van der Waals surface area contributed by atoms with Gasteiger partial charge in [0.2, 0.25) is 5.13 Å². The van der Waals surface area contributed by atoms with Crippen molar-refractivity contribution in [2.75, 3.05) is 49.5 Å². The molecule has 0 atom stereocenters. The van der Waals surface area contributed by atoms with Crippen LogP contribution in [0.25, 0.3) is 0 Å². The summed E-state index contributed by atoms with van der Waals surface area (Å²) in [5, 5.41) is 6.75. The molecule has 2 N–H and O–H groups in total. The number of aromatic nitrogens is 2. The number of benzene rings is 2. The molecule has 3 aromatic rings. The summed E-state index contributed by atoms with van der Waals surface area (Å²) >= 11 is 1.41. The molecule has 1 aliphatic rings. The lowest BCUT2D eigenvalue weighted by Gasteiger charge is -2.34. The Bertz CT molecular complexity index is 1080. The first-order valence-electron chi connectivity index (χ1n) is 11.1. The van der Waals surface area contributed by atoms with E-state index in [1.807, 2.05) is 25.1 Å². The molecule has 4 rings (SSSR count). The highest BCUT2D eigenvalue weighted by Crippen LogP contribution is 2.20. The summed E-state index contributed by atoms with van der Waals surface area (Å²) in [7, 11) is 0. The maximum atomic E-state index is 13.1. The lowest BCUT2D eigenvalue weighted by atomic mass is 10.1. The Morgan fingerprint density at radius 1 is 1.06 bits per heavy atom. The zero-order valence-electron chi connectivity index (χ0n) is 19.0. The van der Waals surface area contributed by atoms with E-state index in [-0.39, 0.29) is 11.8 Å². The Morgan fingerprint density at radius 3 is 2.55 bits per heavy atom. The number of amides is 2. The second-order valence-corrected chi connectivity index (χ2v) is 9.04. The first kappa shape index (κ1) is 23.1. The van der Waals surface area contributed by atoms with E-state index in [1.54, 1.807) is 12.1 Å². The molecular formula is C24H29FN6OS. The van der Waals surface area contributed by atoms with Crippen molar-refractivity contribution in [1.29, 1.82) is 0 Å². The van der Waals surface area contributed by atoms with Crippen LogP contribution in [0.5, 0.6) is 0 Å². The lowest BCUT2D eigenvalue weighted by molar-refractivity contribution is 0.240. The molecule has 0 aliphatic carbocycles. The van der Waals surface area contributed by atoms with Gasteiger partial charge < -0.3 is 15.5 Å². The summed E-state index contributed by atoms with van der Waals surface area (Å²) < 4.78 is 17.5. The lowest BCUT2D eigenvalue weighted by Crippen LogP contribution is -2.48. The van der Waals surface area contributed by atoms with Gasteiger partial charge in [-0.25, -0.2) is 14.2 Å². The Kier molecular flexibility index (Phi) is 7.51. The average molecular weight is 469 g/mol. The highest BCUT2D eigenvalue weighted by atomic mass is 32.1. The molecule has 2 heterocycles. The van der Waals surface area contributed by atoms with Crippen molar-refractivity contribution in [2.24, 2.45) is 0 Å². The van der Waals surface area contributed by atoms with Crippen LogP contribution in [0, 0.1) is 19.7 Å². The summed E-state index contributed by atoms with van der Waals surface area (Å²) in [6.45, 7) is 9.06. The summed E-state index contributed by atoms with van der Waals surface area (Å²) in [5.74, 6) is 0.531. The monoisotopic (exact) mass is 468 g/mol. The molecule has 2 aromatic carbocycles. The van der Waals surface area contributed by atoms with E-state index < -0.39 is 0 Å². The highest BCUT2D eigenvalue weighted by molar-refractivity contribution is 7.09. The van der Waals surface area contributed by atoms with E-state index in [4.69, 9.17) is 0 Å². The van der Waals surface area contributed by atoms with Crippen LogP contribution in [0.4, 0.5) is 20.0 Å². The van der Waals surface area contributed by atoms with Gasteiger partial charge >= 0.3 is 6.03 Å². The van der Waals surface area contributed by atoms with Gasteiger partial charge in [-0.05, 0) is 54.8 Å². The van der Waals surface area contributed by atoms with Gasteiger partial charge in [0.1, 0.15) is 11.6 Å². The number of hydrogen-bond donors (Lipinski definition) is 2. The number of anilines is 2. The molecule has 0 unspecified atom stereocenters.